The summed E-state index contributed by atoms with van der Waals surface area (Å²) in [5, 5.41) is 13.8. The van der Waals surface area contributed by atoms with Gasteiger partial charge < -0.3 is 15.6 Å². The van der Waals surface area contributed by atoms with Crippen LogP contribution in [0.1, 0.15) is 12.1 Å². The molecule has 3 aromatic heterocycles. The van der Waals surface area contributed by atoms with E-state index >= 15 is 0 Å². The summed E-state index contributed by atoms with van der Waals surface area (Å²) in [4.78, 5) is 21.4. The SMILES string of the molecule is COc1cc(-c2c(-c3ccccc3)nc(N)n3c(=O)n(CCC(F)(F)F)nc23)cc(CO)n1. The Hall–Kier alpha value is -3.93. The molecule has 0 unspecified atom stereocenters. The number of nitrogen functional groups attached to an aromatic ring is 1. The number of aryl methyl sites for hydroxylation is 1. The van der Waals surface area contributed by atoms with Crippen LogP contribution in [-0.2, 0) is 13.2 Å². The van der Waals surface area contributed by atoms with E-state index < -0.39 is 31.4 Å². The van der Waals surface area contributed by atoms with Gasteiger partial charge in [0.05, 0.1) is 43.6 Å². The largest absolute Gasteiger partial charge is 0.481 e. The second-order valence-electron chi connectivity index (χ2n) is 7.14. The molecule has 4 rings (SSSR count). The molecule has 4 aromatic rings. The number of fused-ring (bicyclic) bond motifs is 1. The van der Waals surface area contributed by atoms with Crippen LogP contribution in [0.5, 0.6) is 5.88 Å². The van der Waals surface area contributed by atoms with Crippen molar-refractivity contribution in [1.29, 1.82) is 0 Å². The van der Waals surface area contributed by atoms with Gasteiger partial charge in [0.1, 0.15) is 0 Å². The maximum atomic E-state index is 12.8. The summed E-state index contributed by atoms with van der Waals surface area (Å²) in [7, 11) is 1.40. The van der Waals surface area contributed by atoms with E-state index in [-0.39, 0.29) is 23.2 Å². The van der Waals surface area contributed by atoms with Crippen molar-refractivity contribution in [3.63, 3.8) is 0 Å². The van der Waals surface area contributed by atoms with Crippen LogP contribution in [0.3, 0.4) is 0 Å². The zero-order valence-corrected chi connectivity index (χ0v) is 17.4. The lowest BCUT2D eigenvalue weighted by Gasteiger charge is -2.13. The van der Waals surface area contributed by atoms with E-state index in [1.807, 2.05) is 0 Å². The predicted molar refractivity (Wildman–Crippen MR) is 113 cm³/mol. The van der Waals surface area contributed by atoms with Crippen LogP contribution in [-0.4, -0.2) is 42.5 Å². The number of nitrogens with zero attached hydrogens (tertiary/aromatic N) is 5. The van der Waals surface area contributed by atoms with Crippen molar-refractivity contribution < 1.29 is 23.0 Å². The smallest absolute Gasteiger partial charge is 0.390 e. The Balaban J connectivity index is 2.05. The summed E-state index contributed by atoms with van der Waals surface area (Å²) in [6, 6.07) is 12.0. The monoisotopic (exact) mass is 460 g/mol. The fraction of sp³-hybridized carbons (Fsp3) is 0.238. The maximum absolute atomic E-state index is 12.8. The number of aliphatic hydroxyl groups is 1. The summed E-state index contributed by atoms with van der Waals surface area (Å²) in [5.41, 5.74) is 7.26. The van der Waals surface area contributed by atoms with E-state index in [1.165, 1.54) is 7.11 Å². The molecule has 0 atom stereocenters. The molecule has 3 N–H and O–H groups in total. The van der Waals surface area contributed by atoms with Crippen molar-refractivity contribution >= 4 is 11.6 Å². The molecule has 0 fully saturated rings. The Labute approximate surface area is 184 Å². The second-order valence-corrected chi connectivity index (χ2v) is 7.14. The minimum atomic E-state index is -4.47. The van der Waals surface area contributed by atoms with Crippen molar-refractivity contribution in [2.24, 2.45) is 0 Å². The fourth-order valence-electron chi connectivity index (χ4n) is 3.44. The first kappa shape index (κ1) is 22.3. The molecule has 172 valence electrons. The molecule has 1 aromatic carbocycles. The van der Waals surface area contributed by atoms with Gasteiger partial charge in [0.2, 0.25) is 11.8 Å². The predicted octanol–water partition coefficient (Wildman–Crippen LogP) is 2.66. The zero-order chi connectivity index (χ0) is 23.8. The van der Waals surface area contributed by atoms with Gasteiger partial charge in [0, 0.05) is 11.6 Å². The maximum Gasteiger partial charge on any atom is 0.390 e. The molecule has 0 radical (unpaired) electrons. The number of alkyl halides is 3. The summed E-state index contributed by atoms with van der Waals surface area (Å²) < 4.78 is 45.2. The molecule has 0 aliphatic rings. The van der Waals surface area contributed by atoms with Gasteiger partial charge >= 0.3 is 11.9 Å². The van der Waals surface area contributed by atoms with Gasteiger partial charge in [0.25, 0.3) is 0 Å². The number of hydrogen-bond acceptors (Lipinski definition) is 7. The molecule has 0 saturated heterocycles. The number of nitrogens with two attached hydrogens (primary N) is 1. The van der Waals surface area contributed by atoms with Crippen LogP contribution in [0.2, 0.25) is 0 Å². The Kier molecular flexibility index (Phi) is 5.77. The number of hydrogen-bond donors (Lipinski definition) is 2. The molecule has 0 saturated carbocycles. The number of rotatable bonds is 6. The summed E-state index contributed by atoms with van der Waals surface area (Å²) in [6.45, 7) is -1.07. The average Bonchev–Trinajstić information content (AvgIpc) is 3.13. The molecule has 3 heterocycles. The lowest BCUT2D eigenvalue weighted by atomic mass is 10.00. The van der Waals surface area contributed by atoms with Crippen molar-refractivity contribution in [2.75, 3.05) is 12.8 Å². The highest BCUT2D eigenvalue weighted by molar-refractivity contribution is 5.91. The molecular weight excluding hydrogens is 441 g/mol. The summed E-state index contributed by atoms with van der Waals surface area (Å²) in [6.07, 6.45) is -5.70. The first-order valence-electron chi connectivity index (χ1n) is 9.79. The lowest BCUT2D eigenvalue weighted by molar-refractivity contribution is -0.137. The van der Waals surface area contributed by atoms with Crippen LogP contribution in [0.25, 0.3) is 28.0 Å². The molecule has 0 aliphatic heterocycles. The Morgan fingerprint density at radius 3 is 2.48 bits per heavy atom. The fourth-order valence-corrected chi connectivity index (χ4v) is 3.44. The molecule has 33 heavy (non-hydrogen) atoms. The third-order valence-electron chi connectivity index (χ3n) is 4.92. The van der Waals surface area contributed by atoms with Crippen LogP contribution in [0.4, 0.5) is 19.1 Å². The number of ether oxygens (including phenoxy) is 1. The molecule has 0 bridgehead atoms. The minimum Gasteiger partial charge on any atom is -0.481 e. The van der Waals surface area contributed by atoms with E-state index in [2.05, 4.69) is 15.1 Å². The molecule has 9 nitrogen and oxygen atoms in total. The highest BCUT2D eigenvalue weighted by Crippen LogP contribution is 2.36. The highest BCUT2D eigenvalue weighted by atomic mass is 19.4. The van der Waals surface area contributed by atoms with Gasteiger partial charge in [-0.3, -0.25) is 0 Å². The van der Waals surface area contributed by atoms with E-state index in [0.717, 1.165) is 4.40 Å². The summed E-state index contributed by atoms with van der Waals surface area (Å²) in [5.74, 6) is -0.0383. The van der Waals surface area contributed by atoms with Crippen molar-refractivity contribution in [2.45, 2.75) is 25.7 Å². The second kappa shape index (κ2) is 8.54. The highest BCUT2D eigenvalue weighted by Gasteiger charge is 2.28. The topological polar surface area (TPSA) is 121 Å². The Bertz CT molecular complexity index is 1340. The van der Waals surface area contributed by atoms with Gasteiger partial charge in [-0.1, -0.05) is 30.3 Å². The Morgan fingerprint density at radius 1 is 1.12 bits per heavy atom. The normalized spacial score (nSPS) is 11.8. The number of anilines is 1. The van der Waals surface area contributed by atoms with E-state index in [4.69, 9.17) is 10.5 Å². The summed E-state index contributed by atoms with van der Waals surface area (Å²) >= 11 is 0. The first-order valence-corrected chi connectivity index (χ1v) is 9.79. The minimum absolute atomic E-state index is 0.0191. The van der Waals surface area contributed by atoms with Gasteiger partial charge in [0.15, 0.2) is 5.65 Å². The van der Waals surface area contributed by atoms with Crippen LogP contribution < -0.4 is 16.2 Å². The lowest BCUT2D eigenvalue weighted by Crippen LogP contribution is -2.25. The first-order chi connectivity index (χ1) is 15.7. The number of benzene rings is 1. The number of pyridine rings is 1. The van der Waals surface area contributed by atoms with Gasteiger partial charge in [-0.05, 0) is 11.6 Å². The molecule has 0 spiro atoms. The quantitative estimate of drug-likeness (QED) is 0.454. The van der Waals surface area contributed by atoms with Crippen LogP contribution >= 0.6 is 0 Å². The Morgan fingerprint density at radius 2 is 1.85 bits per heavy atom. The third kappa shape index (κ3) is 4.37. The van der Waals surface area contributed by atoms with Gasteiger partial charge in [-0.25, -0.2) is 23.8 Å². The van der Waals surface area contributed by atoms with Gasteiger partial charge in [-0.15, -0.1) is 5.10 Å². The standard InChI is InChI=1S/C21H19F3N6O3/c1-33-15-10-13(9-14(11-31)26-15)16-17(12-5-3-2-4-6-12)27-19(25)30-18(16)28-29(20(30)32)8-7-21(22,23)24/h2-6,9-10,31H,7-8,11H2,1H3,(H2,25,27). The molecule has 0 amide bonds. The average molecular weight is 460 g/mol. The third-order valence-corrected chi connectivity index (χ3v) is 4.92. The van der Waals surface area contributed by atoms with Crippen molar-refractivity contribution in [1.82, 2.24) is 24.1 Å². The molecule has 12 heteroatoms. The van der Waals surface area contributed by atoms with Crippen LogP contribution in [0.15, 0.2) is 47.3 Å². The van der Waals surface area contributed by atoms with Crippen molar-refractivity contribution in [3.05, 3.63) is 58.6 Å². The number of halogens is 3. The zero-order valence-electron chi connectivity index (χ0n) is 17.4. The van der Waals surface area contributed by atoms with E-state index in [1.54, 1.807) is 42.5 Å². The number of aromatic nitrogens is 5. The van der Waals surface area contributed by atoms with E-state index in [0.29, 0.717) is 27.1 Å². The van der Waals surface area contributed by atoms with Crippen molar-refractivity contribution in [3.8, 4) is 28.3 Å². The van der Waals surface area contributed by atoms with Gasteiger partial charge in [-0.2, -0.15) is 13.2 Å². The van der Waals surface area contributed by atoms with E-state index in [9.17, 15) is 23.1 Å². The number of methoxy groups -OCH3 is 1. The molecular formula is C21H19F3N6O3. The van der Waals surface area contributed by atoms with Crippen LogP contribution in [0, 0.1) is 0 Å². The molecule has 0 aliphatic carbocycles. The number of aliphatic hydroxyl groups excluding tert-OH is 1.